The highest BCUT2D eigenvalue weighted by Gasteiger charge is 2.43. The zero-order valence-corrected chi connectivity index (χ0v) is 16.8. The number of aromatic nitrogens is 5. The molecule has 0 bridgehead atoms. The van der Waals surface area contributed by atoms with Gasteiger partial charge in [0, 0.05) is 50.8 Å². The fraction of sp³-hybridized carbons (Fsp3) is 0.350. The smallest absolute Gasteiger partial charge is 0.229 e. The number of anilines is 3. The Morgan fingerprint density at radius 2 is 2.10 bits per heavy atom. The lowest BCUT2D eigenvalue weighted by molar-refractivity contribution is 0.256. The molecule has 0 atom stereocenters. The first-order chi connectivity index (χ1) is 14.5. The van der Waals surface area contributed by atoms with E-state index in [1.54, 1.807) is 23.3 Å². The number of halogens is 1. The Bertz CT molecular complexity index is 1080. The highest BCUT2D eigenvalue weighted by atomic mass is 19.1. The molecular weight excluding hydrogens is 385 g/mol. The van der Waals surface area contributed by atoms with Crippen LogP contribution in [0.3, 0.4) is 0 Å². The third kappa shape index (κ3) is 4.21. The molecule has 154 valence electrons. The second kappa shape index (κ2) is 8.04. The van der Waals surface area contributed by atoms with E-state index in [4.69, 9.17) is 0 Å². The summed E-state index contributed by atoms with van der Waals surface area (Å²) < 4.78 is 15.1. The molecule has 1 aliphatic heterocycles. The Balaban J connectivity index is 1.45. The average molecular weight is 407 g/mol. The number of nitrogens with one attached hydrogen (secondary N) is 2. The van der Waals surface area contributed by atoms with Crippen LogP contribution in [0.15, 0.2) is 37.1 Å². The molecule has 0 unspecified atom stereocenters. The van der Waals surface area contributed by atoms with E-state index in [0.717, 1.165) is 22.6 Å². The molecule has 30 heavy (non-hydrogen) atoms. The van der Waals surface area contributed by atoms with Crippen molar-refractivity contribution in [3.8, 4) is 6.07 Å². The van der Waals surface area contributed by atoms with Crippen molar-refractivity contribution in [3.05, 3.63) is 54.0 Å². The molecule has 1 saturated heterocycles. The summed E-state index contributed by atoms with van der Waals surface area (Å²) in [5, 5.41) is 20.0. The Hall–Kier alpha value is -3.58. The Morgan fingerprint density at radius 3 is 2.80 bits per heavy atom. The van der Waals surface area contributed by atoms with E-state index in [9.17, 15) is 9.65 Å². The van der Waals surface area contributed by atoms with E-state index >= 15 is 0 Å². The summed E-state index contributed by atoms with van der Waals surface area (Å²) in [6.45, 7) is 3.64. The lowest BCUT2D eigenvalue weighted by atomic mass is 9.86. The Morgan fingerprint density at radius 1 is 1.27 bits per heavy atom. The fourth-order valence-corrected chi connectivity index (χ4v) is 3.54. The van der Waals surface area contributed by atoms with Gasteiger partial charge in [-0.2, -0.15) is 15.3 Å². The number of hydrogen-bond donors (Lipinski definition) is 2. The molecule has 3 aromatic rings. The summed E-state index contributed by atoms with van der Waals surface area (Å²) in [7, 11) is 1.84. The maximum atomic E-state index is 13.4. The van der Waals surface area contributed by atoms with Crippen molar-refractivity contribution >= 4 is 17.5 Å². The van der Waals surface area contributed by atoms with Crippen molar-refractivity contribution in [2.45, 2.75) is 25.4 Å². The summed E-state index contributed by atoms with van der Waals surface area (Å²) in [6, 6.07) is 3.70. The Labute approximate surface area is 173 Å². The standard InChI is InChI=1S/C20H22FN9/c1-14-6-24-19(27-17-10-26-29(2)11-17)28-18(14)30-12-20(13-30,3-4-22)25-8-15-5-16(21)9-23-7-15/h5-7,9-11,25H,3,8,12-13H2,1-2H3,(H,24,27,28). The molecule has 3 aromatic heterocycles. The molecule has 0 radical (unpaired) electrons. The maximum Gasteiger partial charge on any atom is 0.229 e. The predicted molar refractivity (Wildman–Crippen MR) is 109 cm³/mol. The lowest BCUT2D eigenvalue weighted by Crippen LogP contribution is -2.69. The first-order valence-electron chi connectivity index (χ1n) is 9.52. The van der Waals surface area contributed by atoms with Crippen molar-refractivity contribution in [3.63, 3.8) is 0 Å². The second-order valence-corrected chi connectivity index (χ2v) is 7.56. The zero-order valence-electron chi connectivity index (χ0n) is 16.8. The summed E-state index contributed by atoms with van der Waals surface area (Å²) >= 11 is 0. The predicted octanol–water partition coefficient (Wildman–Crippen LogP) is 2.06. The third-order valence-electron chi connectivity index (χ3n) is 5.04. The van der Waals surface area contributed by atoms with Gasteiger partial charge in [0.05, 0.1) is 36.1 Å². The number of nitriles is 1. The van der Waals surface area contributed by atoms with Crippen LogP contribution in [-0.2, 0) is 13.6 Å². The number of hydrogen-bond acceptors (Lipinski definition) is 8. The molecule has 10 heteroatoms. The minimum absolute atomic E-state index is 0.344. The number of pyridine rings is 1. The van der Waals surface area contributed by atoms with Crippen LogP contribution >= 0.6 is 0 Å². The van der Waals surface area contributed by atoms with Crippen LogP contribution in [0.25, 0.3) is 0 Å². The molecule has 2 N–H and O–H groups in total. The van der Waals surface area contributed by atoms with Crippen molar-refractivity contribution in [2.24, 2.45) is 7.05 Å². The summed E-state index contributed by atoms with van der Waals surface area (Å²) in [5.41, 5.74) is 2.12. The third-order valence-corrected chi connectivity index (χ3v) is 5.04. The highest BCUT2D eigenvalue weighted by Crippen LogP contribution is 2.31. The van der Waals surface area contributed by atoms with Gasteiger partial charge < -0.3 is 15.5 Å². The highest BCUT2D eigenvalue weighted by molar-refractivity contribution is 5.57. The van der Waals surface area contributed by atoms with Crippen molar-refractivity contribution < 1.29 is 4.39 Å². The van der Waals surface area contributed by atoms with Gasteiger partial charge >= 0.3 is 0 Å². The van der Waals surface area contributed by atoms with Crippen molar-refractivity contribution in [1.29, 1.82) is 5.26 Å². The minimum atomic E-state index is -0.380. The van der Waals surface area contributed by atoms with Gasteiger partial charge in [-0.15, -0.1) is 0 Å². The van der Waals surface area contributed by atoms with E-state index in [0.29, 0.717) is 32.0 Å². The summed E-state index contributed by atoms with van der Waals surface area (Å²) in [4.78, 5) is 15.0. The van der Waals surface area contributed by atoms with Crippen molar-refractivity contribution in [2.75, 3.05) is 23.3 Å². The van der Waals surface area contributed by atoms with Crippen LogP contribution in [0.1, 0.15) is 17.5 Å². The van der Waals surface area contributed by atoms with Crippen LogP contribution in [-0.4, -0.2) is 43.4 Å². The summed E-state index contributed by atoms with van der Waals surface area (Å²) in [6.07, 6.45) is 8.46. The van der Waals surface area contributed by atoms with Crippen LogP contribution in [0.4, 0.5) is 21.8 Å². The molecule has 1 fully saturated rings. The van der Waals surface area contributed by atoms with Gasteiger partial charge in [-0.25, -0.2) is 9.37 Å². The fourth-order valence-electron chi connectivity index (χ4n) is 3.54. The molecular formula is C20H22FN9. The molecule has 4 rings (SSSR count). The monoisotopic (exact) mass is 407 g/mol. The van der Waals surface area contributed by atoms with E-state index in [2.05, 4.69) is 41.7 Å². The molecule has 0 saturated carbocycles. The van der Waals surface area contributed by atoms with E-state index in [1.165, 1.54) is 12.3 Å². The molecule has 4 heterocycles. The van der Waals surface area contributed by atoms with Gasteiger partial charge in [-0.05, 0) is 18.6 Å². The zero-order chi connectivity index (χ0) is 21.1. The topological polar surface area (TPSA) is 108 Å². The van der Waals surface area contributed by atoms with E-state index in [1.807, 2.05) is 20.2 Å². The number of rotatable bonds is 7. The molecule has 0 spiro atoms. The first kappa shape index (κ1) is 19.7. The Kier molecular flexibility index (Phi) is 5.29. The quantitative estimate of drug-likeness (QED) is 0.613. The molecule has 1 aliphatic rings. The summed E-state index contributed by atoms with van der Waals surface area (Å²) in [5.74, 6) is 0.934. The second-order valence-electron chi connectivity index (χ2n) is 7.56. The minimum Gasteiger partial charge on any atom is -0.352 e. The van der Waals surface area contributed by atoms with Crippen LogP contribution in [0.5, 0.6) is 0 Å². The SMILES string of the molecule is Cc1cnc(Nc2cnn(C)c2)nc1N1CC(CC#N)(NCc2cncc(F)c2)C1. The van der Waals surface area contributed by atoms with Crippen molar-refractivity contribution in [1.82, 2.24) is 30.0 Å². The molecule has 0 aromatic carbocycles. The maximum absolute atomic E-state index is 13.4. The normalized spacial score (nSPS) is 14.8. The van der Waals surface area contributed by atoms with Gasteiger partial charge in [0.15, 0.2) is 0 Å². The lowest BCUT2D eigenvalue weighted by Gasteiger charge is -2.50. The number of nitrogens with zero attached hydrogens (tertiary/aromatic N) is 7. The van der Waals surface area contributed by atoms with Gasteiger partial charge in [-0.3, -0.25) is 9.67 Å². The molecule has 0 aliphatic carbocycles. The molecule has 9 nitrogen and oxygen atoms in total. The first-order valence-corrected chi connectivity index (χ1v) is 9.52. The van der Waals surface area contributed by atoms with Gasteiger partial charge in [-0.1, -0.05) is 0 Å². The van der Waals surface area contributed by atoms with Crippen LogP contribution in [0, 0.1) is 24.1 Å². The van der Waals surface area contributed by atoms with Crippen LogP contribution in [0.2, 0.25) is 0 Å². The van der Waals surface area contributed by atoms with Gasteiger partial charge in [0.25, 0.3) is 0 Å². The molecule has 0 amide bonds. The number of aryl methyl sites for hydroxylation is 2. The van der Waals surface area contributed by atoms with E-state index in [-0.39, 0.29) is 11.4 Å². The van der Waals surface area contributed by atoms with Gasteiger partial charge in [0.1, 0.15) is 11.6 Å². The average Bonchev–Trinajstić information content (AvgIpc) is 3.10. The van der Waals surface area contributed by atoms with Gasteiger partial charge in [0.2, 0.25) is 5.95 Å². The van der Waals surface area contributed by atoms with Crippen LogP contribution < -0.4 is 15.5 Å². The van der Waals surface area contributed by atoms with E-state index < -0.39 is 0 Å². The largest absolute Gasteiger partial charge is 0.352 e.